The Hall–Kier alpha value is -2.45. The molecule has 1 heterocycles. The molecule has 0 saturated heterocycles. The third kappa shape index (κ3) is 4.45. The van der Waals surface area contributed by atoms with Crippen LogP contribution in [0.15, 0.2) is 48.5 Å². The number of aromatic nitrogens is 1. The van der Waals surface area contributed by atoms with Crippen molar-refractivity contribution in [3.8, 4) is 0 Å². The molecule has 1 atom stereocenters. The summed E-state index contributed by atoms with van der Waals surface area (Å²) in [6.45, 7) is 1.86. The van der Waals surface area contributed by atoms with E-state index in [9.17, 15) is 18.0 Å². The van der Waals surface area contributed by atoms with E-state index in [4.69, 9.17) is 0 Å². The van der Waals surface area contributed by atoms with Crippen LogP contribution in [-0.4, -0.2) is 29.4 Å². The largest absolute Gasteiger partial charge is 0.418 e. The first-order valence-corrected chi connectivity index (χ1v) is 9.09. The van der Waals surface area contributed by atoms with Crippen molar-refractivity contribution in [3.05, 3.63) is 59.1 Å². The number of nitrogens with zero attached hydrogens (tertiary/aromatic N) is 2. The summed E-state index contributed by atoms with van der Waals surface area (Å²) in [4.78, 5) is 18.6. The van der Waals surface area contributed by atoms with Gasteiger partial charge in [0.25, 0.3) is 0 Å². The lowest BCUT2D eigenvalue weighted by atomic mass is 10.1. The Labute approximate surface area is 158 Å². The summed E-state index contributed by atoms with van der Waals surface area (Å²) in [7, 11) is 1.74. The summed E-state index contributed by atoms with van der Waals surface area (Å²) in [5, 5.41) is 3.21. The fourth-order valence-electron chi connectivity index (χ4n) is 2.65. The number of para-hydroxylation sites is 2. The SMILES string of the molecule is C[C@@H](c1nc2ccccc2s1)N(C)CC(=O)Nc1ccccc1C(F)(F)F. The average molecular weight is 393 g/mol. The van der Waals surface area contributed by atoms with Gasteiger partial charge < -0.3 is 5.32 Å². The minimum Gasteiger partial charge on any atom is -0.324 e. The molecule has 0 saturated carbocycles. The Morgan fingerprint density at radius 1 is 1.19 bits per heavy atom. The molecule has 3 aromatic rings. The molecule has 0 aliphatic heterocycles. The fourth-order valence-corrected chi connectivity index (χ4v) is 3.73. The molecule has 2 aromatic carbocycles. The van der Waals surface area contributed by atoms with Crippen molar-refractivity contribution in [2.75, 3.05) is 18.9 Å². The van der Waals surface area contributed by atoms with E-state index < -0.39 is 17.6 Å². The van der Waals surface area contributed by atoms with Gasteiger partial charge in [-0.05, 0) is 38.2 Å². The normalized spacial score (nSPS) is 13.1. The molecule has 1 amide bonds. The topological polar surface area (TPSA) is 45.2 Å². The molecule has 0 unspecified atom stereocenters. The van der Waals surface area contributed by atoms with Gasteiger partial charge in [-0.3, -0.25) is 9.69 Å². The average Bonchev–Trinajstić information content (AvgIpc) is 3.04. The number of halogens is 3. The molecular weight excluding hydrogens is 375 g/mol. The number of carbonyl (C=O) groups is 1. The highest BCUT2D eigenvalue weighted by atomic mass is 32.1. The van der Waals surface area contributed by atoms with Crippen LogP contribution in [0.5, 0.6) is 0 Å². The molecule has 0 radical (unpaired) electrons. The Kier molecular flexibility index (Phi) is 5.48. The van der Waals surface area contributed by atoms with E-state index in [1.165, 1.54) is 29.5 Å². The van der Waals surface area contributed by atoms with Crippen molar-refractivity contribution >= 4 is 33.1 Å². The second-order valence-electron chi connectivity index (χ2n) is 6.20. The minimum atomic E-state index is -4.52. The second kappa shape index (κ2) is 7.66. The van der Waals surface area contributed by atoms with Crippen LogP contribution in [0.25, 0.3) is 10.2 Å². The zero-order valence-corrected chi connectivity index (χ0v) is 15.6. The lowest BCUT2D eigenvalue weighted by Crippen LogP contribution is -2.32. The molecule has 1 aromatic heterocycles. The quantitative estimate of drug-likeness (QED) is 0.667. The molecule has 27 heavy (non-hydrogen) atoms. The van der Waals surface area contributed by atoms with Gasteiger partial charge in [0, 0.05) is 0 Å². The summed E-state index contributed by atoms with van der Waals surface area (Å²) in [6, 6.07) is 12.5. The van der Waals surface area contributed by atoms with E-state index in [1.807, 2.05) is 31.2 Å². The Morgan fingerprint density at radius 3 is 2.56 bits per heavy atom. The number of nitrogens with one attached hydrogen (secondary N) is 1. The van der Waals surface area contributed by atoms with E-state index in [-0.39, 0.29) is 18.3 Å². The highest BCUT2D eigenvalue weighted by molar-refractivity contribution is 7.18. The summed E-state index contributed by atoms with van der Waals surface area (Å²) < 4.78 is 40.2. The van der Waals surface area contributed by atoms with Gasteiger partial charge in [0.15, 0.2) is 0 Å². The van der Waals surface area contributed by atoms with Gasteiger partial charge in [0.2, 0.25) is 5.91 Å². The van der Waals surface area contributed by atoms with Crippen LogP contribution in [0.2, 0.25) is 0 Å². The summed E-state index contributed by atoms with van der Waals surface area (Å²) in [5.41, 5.74) is -0.211. The second-order valence-corrected chi connectivity index (χ2v) is 7.26. The number of hydrogen-bond acceptors (Lipinski definition) is 4. The van der Waals surface area contributed by atoms with Gasteiger partial charge in [-0.25, -0.2) is 4.98 Å². The number of likely N-dealkylation sites (N-methyl/N-ethyl adjacent to an activating group) is 1. The number of amides is 1. The highest BCUT2D eigenvalue weighted by Gasteiger charge is 2.33. The molecule has 0 fully saturated rings. The van der Waals surface area contributed by atoms with Gasteiger partial charge in [-0.15, -0.1) is 11.3 Å². The van der Waals surface area contributed by atoms with Crippen LogP contribution in [0.3, 0.4) is 0 Å². The summed E-state index contributed by atoms with van der Waals surface area (Å²) in [5.74, 6) is -0.512. The van der Waals surface area contributed by atoms with Crippen LogP contribution >= 0.6 is 11.3 Å². The lowest BCUT2D eigenvalue weighted by Gasteiger charge is -2.22. The number of carbonyl (C=O) groups excluding carboxylic acids is 1. The van der Waals surface area contributed by atoms with Crippen LogP contribution < -0.4 is 5.32 Å². The van der Waals surface area contributed by atoms with Gasteiger partial charge in [-0.2, -0.15) is 13.2 Å². The van der Waals surface area contributed by atoms with E-state index in [2.05, 4.69) is 10.3 Å². The summed E-state index contributed by atoms with van der Waals surface area (Å²) in [6.07, 6.45) is -4.52. The van der Waals surface area contributed by atoms with Crippen LogP contribution in [0.1, 0.15) is 23.5 Å². The predicted octanol–water partition coefficient (Wildman–Crippen LogP) is 4.95. The van der Waals surface area contributed by atoms with E-state index >= 15 is 0 Å². The summed E-state index contributed by atoms with van der Waals surface area (Å²) >= 11 is 1.54. The molecule has 0 bridgehead atoms. The Morgan fingerprint density at radius 2 is 1.85 bits per heavy atom. The molecule has 1 N–H and O–H groups in total. The van der Waals surface area contributed by atoms with Gasteiger partial charge in [0.05, 0.1) is 34.1 Å². The Bertz CT molecular complexity index is 922. The smallest absolute Gasteiger partial charge is 0.324 e. The maximum absolute atomic E-state index is 13.0. The van der Waals surface area contributed by atoms with Gasteiger partial charge >= 0.3 is 6.18 Å². The van der Waals surface area contributed by atoms with Gasteiger partial charge in [0.1, 0.15) is 5.01 Å². The highest BCUT2D eigenvalue weighted by Crippen LogP contribution is 2.34. The van der Waals surface area contributed by atoms with Crippen molar-refractivity contribution in [2.45, 2.75) is 19.1 Å². The van der Waals surface area contributed by atoms with Crippen LogP contribution in [-0.2, 0) is 11.0 Å². The first kappa shape index (κ1) is 19.3. The van der Waals surface area contributed by atoms with E-state index in [0.29, 0.717) is 0 Å². The number of hydrogen-bond donors (Lipinski definition) is 1. The first-order chi connectivity index (χ1) is 12.8. The number of fused-ring (bicyclic) bond motifs is 1. The van der Waals surface area contributed by atoms with Crippen molar-refractivity contribution in [1.29, 1.82) is 0 Å². The third-order valence-electron chi connectivity index (χ3n) is 4.23. The van der Waals surface area contributed by atoms with Gasteiger partial charge in [-0.1, -0.05) is 24.3 Å². The van der Waals surface area contributed by atoms with Crippen molar-refractivity contribution in [3.63, 3.8) is 0 Å². The third-order valence-corrected chi connectivity index (χ3v) is 5.44. The molecule has 3 rings (SSSR count). The predicted molar refractivity (Wildman–Crippen MR) is 101 cm³/mol. The van der Waals surface area contributed by atoms with Crippen molar-refractivity contribution in [1.82, 2.24) is 9.88 Å². The fraction of sp³-hybridized carbons (Fsp3) is 0.263. The van der Waals surface area contributed by atoms with Crippen molar-refractivity contribution < 1.29 is 18.0 Å². The maximum atomic E-state index is 13.0. The molecule has 4 nitrogen and oxygen atoms in total. The van der Waals surface area contributed by atoms with E-state index in [1.54, 1.807) is 11.9 Å². The maximum Gasteiger partial charge on any atom is 0.418 e. The number of alkyl halides is 3. The number of anilines is 1. The zero-order chi connectivity index (χ0) is 19.6. The Balaban J connectivity index is 1.69. The minimum absolute atomic E-state index is 0.0523. The standard InChI is InChI=1S/C19H18F3N3OS/c1-12(18-24-15-9-5-6-10-16(15)27-18)25(2)11-17(26)23-14-8-4-3-7-13(14)19(20,21)22/h3-10,12H,11H2,1-2H3,(H,23,26)/t12-/m0/s1. The number of benzene rings is 2. The number of thiazole rings is 1. The van der Waals surface area contributed by atoms with Crippen LogP contribution in [0, 0.1) is 0 Å². The van der Waals surface area contributed by atoms with Crippen LogP contribution in [0.4, 0.5) is 18.9 Å². The van der Waals surface area contributed by atoms with E-state index in [0.717, 1.165) is 21.3 Å². The molecular formula is C19H18F3N3OS. The van der Waals surface area contributed by atoms with Crippen molar-refractivity contribution in [2.24, 2.45) is 0 Å². The molecule has 0 aliphatic carbocycles. The molecule has 0 spiro atoms. The molecule has 142 valence electrons. The number of rotatable bonds is 5. The zero-order valence-electron chi connectivity index (χ0n) is 14.7. The molecule has 0 aliphatic rings. The monoisotopic (exact) mass is 393 g/mol. The molecule has 8 heteroatoms. The lowest BCUT2D eigenvalue weighted by molar-refractivity contribution is -0.137. The first-order valence-electron chi connectivity index (χ1n) is 8.27.